The Morgan fingerprint density at radius 1 is 1.12 bits per heavy atom. The summed E-state index contributed by atoms with van der Waals surface area (Å²) < 4.78 is 0. The molecule has 0 unspecified atom stereocenters. The van der Waals surface area contributed by atoms with Crippen molar-refractivity contribution in [3.05, 3.63) is 47.4 Å². The van der Waals surface area contributed by atoms with Crippen LogP contribution in [-0.4, -0.2) is 21.9 Å². The van der Waals surface area contributed by atoms with Crippen molar-refractivity contribution >= 4 is 17.4 Å². The first-order chi connectivity index (χ1) is 12.5. The first-order valence-electron chi connectivity index (χ1n) is 9.54. The monoisotopic (exact) mass is 352 g/mol. The van der Waals surface area contributed by atoms with Gasteiger partial charge in [-0.1, -0.05) is 51.3 Å². The van der Waals surface area contributed by atoms with E-state index >= 15 is 0 Å². The highest BCUT2D eigenvalue weighted by atomic mass is 16.1. The van der Waals surface area contributed by atoms with Crippen LogP contribution in [0.15, 0.2) is 30.6 Å². The summed E-state index contributed by atoms with van der Waals surface area (Å²) in [5.41, 5.74) is 3.38. The normalized spacial score (nSPS) is 15.1. The molecule has 3 rings (SSSR count). The fourth-order valence-electron chi connectivity index (χ4n) is 3.50. The van der Waals surface area contributed by atoms with Crippen LogP contribution in [0.25, 0.3) is 0 Å². The van der Waals surface area contributed by atoms with Gasteiger partial charge in [0, 0.05) is 11.7 Å². The Balaban J connectivity index is 1.69. The maximum Gasteiger partial charge on any atom is 0.275 e. The molecule has 1 aromatic heterocycles. The van der Waals surface area contributed by atoms with Gasteiger partial charge in [0.05, 0.1) is 12.4 Å². The fraction of sp³-hybridized carbons (Fsp3) is 0.476. The lowest BCUT2D eigenvalue weighted by molar-refractivity contribution is 0.102. The molecule has 0 spiro atoms. The first kappa shape index (κ1) is 18.4. The van der Waals surface area contributed by atoms with Crippen molar-refractivity contribution in [2.24, 2.45) is 0 Å². The van der Waals surface area contributed by atoms with Crippen LogP contribution >= 0.6 is 0 Å². The molecular formula is C21H28N4O. The fourth-order valence-corrected chi connectivity index (χ4v) is 3.50. The number of amides is 1. The zero-order chi connectivity index (χ0) is 18.5. The first-order valence-corrected chi connectivity index (χ1v) is 9.54. The Morgan fingerprint density at radius 3 is 2.54 bits per heavy atom. The number of carbonyl (C=O) groups is 1. The van der Waals surface area contributed by atoms with Gasteiger partial charge in [-0.25, -0.2) is 9.97 Å². The molecule has 138 valence electrons. The highest BCUT2D eigenvalue weighted by Gasteiger charge is 2.16. The predicted molar refractivity (Wildman–Crippen MR) is 106 cm³/mol. The molecule has 1 aromatic carbocycles. The van der Waals surface area contributed by atoms with Crippen molar-refractivity contribution in [1.29, 1.82) is 0 Å². The van der Waals surface area contributed by atoms with Crippen LogP contribution in [-0.2, 0) is 0 Å². The molecule has 0 saturated heterocycles. The standard InChI is InChI=1S/C21H28N4O/c1-14(2)17-11-7-8-15(3)20(17)25-21(26)18-12-23-19(13-22-18)24-16-9-5-4-6-10-16/h7-8,11-14,16H,4-6,9-10H2,1-3H3,(H,23,24)(H,25,26). The van der Waals surface area contributed by atoms with Crippen LogP contribution in [0.3, 0.4) is 0 Å². The average molecular weight is 352 g/mol. The number of hydrogen-bond donors (Lipinski definition) is 2. The zero-order valence-corrected chi connectivity index (χ0v) is 15.9. The van der Waals surface area contributed by atoms with Gasteiger partial charge < -0.3 is 10.6 Å². The Labute approximate surface area is 155 Å². The largest absolute Gasteiger partial charge is 0.366 e. The number of hydrogen-bond acceptors (Lipinski definition) is 4. The van der Waals surface area contributed by atoms with Gasteiger partial charge >= 0.3 is 0 Å². The highest BCUT2D eigenvalue weighted by Crippen LogP contribution is 2.27. The van der Waals surface area contributed by atoms with E-state index in [-0.39, 0.29) is 5.91 Å². The molecule has 5 heteroatoms. The molecule has 1 aliphatic carbocycles. The average Bonchev–Trinajstić information content (AvgIpc) is 2.64. The second kappa shape index (κ2) is 8.30. The van der Waals surface area contributed by atoms with E-state index in [1.165, 1.54) is 32.1 Å². The third-order valence-corrected chi connectivity index (χ3v) is 5.01. The Hall–Kier alpha value is -2.43. The van der Waals surface area contributed by atoms with Crippen molar-refractivity contribution in [1.82, 2.24) is 9.97 Å². The summed E-state index contributed by atoms with van der Waals surface area (Å²) in [4.78, 5) is 21.3. The number of rotatable bonds is 5. The molecule has 2 aromatic rings. The number of benzene rings is 1. The minimum Gasteiger partial charge on any atom is -0.366 e. The van der Waals surface area contributed by atoms with Gasteiger partial charge in [-0.3, -0.25) is 4.79 Å². The molecular weight excluding hydrogens is 324 g/mol. The van der Waals surface area contributed by atoms with E-state index in [1.807, 2.05) is 19.1 Å². The third kappa shape index (κ3) is 4.40. The Kier molecular flexibility index (Phi) is 5.86. The number of aromatic nitrogens is 2. The second-order valence-corrected chi connectivity index (χ2v) is 7.41. The van der Waals surface area contributed by atoms with Crippen LogP contribution in [0.5, 0.6) is 0 Å². The van der Waals surface area contributed by atoms with Gasteiger partial charge in [0.2, 0.25) is 0 Å². The van der Waals surface area contributed by atoms with E-state index in [0.29, 0.717) is 17.7 Å². The number of para-hydroxylation sites is 1. The van der Waals surface area contributed by atoms with Crippen molar-refractivity contribution in [3.63, 3.8) is 0 Å². The molecule has 0 bridgehead atoms. The van der Waals surface area contributed by atoms with Crippen molar-refractivity contribution in [2.75, 3.05) is 10.6 Å². The van der Waals surface area contributed by atoms with Gasteiger partial charge in [-0.05, 0) is 36.8 Å². The van der Waals surface area contributed by atoms with Gasteiger partial charge in [-0.15, -0.1) is 0 Å². The molecule has 1 aliphatic rings. The number of carbonyl (C=O) groups excluding carboxylic acids is 1. The lowest BCUT2D eigenvalue weighted by atomic mass is 9.96. The van der Waals surface area contributed by atoms with Crippen LogP contribution in [0.1, 0.15) is 73.5 Å². The minimum atomic E-state index is -0.224. The lowest BCUT2D eigenvalue weighted by Crippen LogP contribution is -2.23. The molecule has 1 amide bonds. The van der Waals surface area contributed by atoms with Crippen molar-refractivity contribution in [3.8, 4) is 0 Å². The summed E-state index contributed by atoms with van der Waals surface area (Å²) in [6.07, 6.45) is 9.41. The Bertz CT molecular complexity index is 749. The highest BCUT2D eigenvalue weighted by molar-refractivity contribution is 6.03. The van der Waals surface area contributed by atoms with Gasteiger partial charge in [0.25, 0.3) is 5.91 Å². The number of nitrogens with zero attached hydrogens (tertiary/aromatic N) is 2. The zero-order valence-electron chi connectivity index (χ0n) is 15.9. The summed E-state index contributed by atoms with van der Waals surface area (Å²) >= 11 is 0. The van der Waals surface area contributed by atoms with Crippen LogP contribution < -0.4 is 10.6 Å². The summed E-state index contributed by atoms with van der Waals surface area (Å²) in [6.45, 7) is 6.25. The van der Waals surface area contributed by atoms with Crippen molar-refractivity contribution in [2.45, 2.75) is 64.8 Å². The molecule has 1 saturated carbocycles. The number of aryl methyl sites for hydroxylation is 1. The van der Waals surface area contributed by atoms with Gasteiger partial charge in [0.15, 0.2) is 0 Å². The van der Waals surface area contributed by atoms with E-state index in [1.54, 1.807) is 12.4 Å². The SMILES string of the molecule is Cc1cccc(C(C)C)c1NC(=O)c1cnc(NC2CCCCC2)cn1. The van der Waals surface area contributed by atoms with E-state index in [2.05, 4.69) is 40.5 Å². The molecule has 1 fully saturated rings. The summed E-state index contributed by atoms with van der Waals surface area (Å²) in [6, 6.07) is 6.55. The maximum atomic E-state index is 12.6. The lowest BCUT2D eigenvalue weighted by Gasteiger charge is -2.23. The maximum absolute atomic E-state index is 12.6. The predicted octanol–water partition coefficient (Wildman–Crippen LogP) is 4.91. The van der Waals surface area contributed by atoms with E-state index < -0.39 is 0 Å². The molecule has 2 N–H and O–H groups in total. The van der Waals surface area contributed by atoms with Gasteiger partial charge in [0.1, 0.15) is 11.5 Å². The van der Waals surface area contributed by atoms with Crippen LogP contribution in [0.4, 0.5) is 11.5 Å². The van der Waals surface area contributed by atoms with Crippen LogP contribution in [0.2, 0.25) is 0 Å². The topological polar surface area (TPSA) is 66.9 Å². The second-order valence-electron chi connectivity index (χ2n) is 7.41. The summed E-state index contributed by atoms with van der Waals surface area (Å²) in [5.74, 6) is 0.850. The smallest absolute Gasteiger partial charge is 0.275 e. The van der Waals surface area contributed by atoms with E-state index in [9.17, 15) is 4.79 Å². The summed E-state index contributed by atoms with van der Waals surface area (Å²) in [7, 11) is 0. The molecule has 0 atom stereocenters. The quantitative estimate of drug-likeness (QED) is 0.803. The number of nitrogens with one attached hydrogen (secondary N) is 2. The van der Waals surface area contributed by atoms with Gasteiger partial charge in [-0.2, -0.15) is 0 Å². The molecule has 1 heterocycles. The molecule has 0 aliphatic heterocycles. The van der Waals surface area contributed by atoms with E-state index in [0.717, 1.165) is 22.6 Å². The summed E-state index contributed by atoms with van der Waals surface area (Å²) in [5, 5.41) is 6.44. The number of anilines is 2. The molecule has 0 radical (unpaired) electrons. The Morgan fingerprint density at radius 2 is 1.88 bits per heavy atom. The van der Waals surface area contributed by atoms with Crippen LogP contribution in [0, 0.1) is 6.92 Å². The molecule has 5 nitrogen and oxygen atoms in total. The molecule has 26 heavy (non-hydrogen) atoms. The van der Waals surface area contributed by atoms with E-state index in [4.69, 9.17) is 0 Å². The van der Waals surface area contributed by atoms with Crippen molar-refractivity contribution < 1.29 is 4.79 Å². The third-order valence-electron chi connectivity index (χ3n) is 5.01. The minimum absolute atomic E-state index is 0.224.